The molecule has 4 rings (SSSR count). The molecule has 0 aliphatic carbocycles. The number of nitrogens with one attached hydrogen (secondary N) is 1. The highest BCUT2D eigenvalue weighted by molar-refractivity contribution is 6.35. The number of carbonyl (C=O) groups excluding carboxylic acids is 2. The van der Waals surface area contributed by atoms with Crippen molar-refractivity contribution in [3.05, 3.63) is 111 Å². The minimum atomic E-state index is -0.484. The van der Waals surface area contributed by atoms with Crippen LogP contribution in [-0.2, 0) is 6.73 Å². The van der Waals surface area contributed by atoms with Gasteiger partial charge in [-0.1, -0.05) is 65.1 Å². The Bertz CT molecular complexity index is 1320. The second-order valence-corrected chi connectivity index (χ2v) is 8.21. The minimum Gasteiger partial charge on any atom is -0.470 e. The molecule has 0 fully saturated rings. The third-order valence-electron chi connectivity index (χ3n) is 4.63. The zero-order valence-corrected chi connectivity index (χ0v) is 19.2. The lowest BCUT2D eigenvalue weighted by Crippen LogP contribution is -2.16. The number of hydrogen-bond acceptors (Lipinski definition) is 4. The summed E-state index contributed by atoms with van der Waals surface area (Å²) in [5.74, 6) is -0.303. The number of benzene rings is 3. The van der Waals surface area contributed by atoms with Crippen LogP contribution in [0.1, 0.15) is 26.4 Å². The molecule has 9 heteroatoms. The fourth-order valence-corrected chi connectivity index (χ4v) is 3.66. The second kappa shape index (κ2) is 10.1. The molecule has 0 atom stereocenters. The summed E-state index contributed by atoms with van der Waals surface area (Å²) in [6.07, 6.45) is 1.59. The van der Waals surface area contributed by atoms with E-state index in [9.17, 15) is 9.59 Å². The highest BCUT2D eigenvalue weighted by Crippen LogP contribution is 2.28. The first-order valence-electron chi connectivity index (χ1n) is 9.72. The lowest BCUT2D eigenvalue weighted by atomic mass is 10.0. The van der Waals surface area contributed by atoms with Crippen LogP contribution in [0.5, 0.6) is 5.75 Å². The van der Waals surface area contributed by atoms with Gasteiger partial charge in [-0.15, -0.1) is 0 Å². The molecule has 3 aromatic carbocycles. The quantitative estimate of drug-likeness (QED) is 0.300. The van der Waals surface area contributed by atoms with Gasteiger partial charge in [0.05, 0.1) is 10.7 Å². The van der Waals surface area contributed by atoms with Crippen molar-refractivity contribution in [1.29, 1.82) is 0 Å². The van der Waals surface area contributed by atoms with Crippen molar-refractivity contribution in [2.75, 3.05) is 5.32 Å². The predicted octanol–water partition coefficient (Wildman–Crippen LogP) is 6.36. The molecule has 0 aliphatic rings. The van der Waals surface area contributed by atoms with Gasteiger partial charge in [-0.05, 0) is 42.5 Å². The number of nitrogens with zero attached hydrogens (tertiary/aromatic N) is 2. The van der Waals surface area contributed by atoms with Crippen LogP contribution >= 0.6 is 34.8 Å². The van der Waals surface area contributed by atoms with E-state index in [-0.39, 0.29) is 23.8 Å². The maximum atomic E-state index is 12.9. The van der Waals surface area contributed by atoms with Crippen molar-refractivity contribution in [3.8, 4) is 5.75 Å². The monoisotopic (exact) mass is 499 g/mol. The van der Waals surface area contributed by atoms with Crippen molar-refractivity contribution in [2.24, 2.45) is 0 Å². The Morgan fingerprint density at radius 2 is 1.64 bits per heavy atom. The van der Waals surface area contributed by atoms with Crippen molar-refractivity contribution in [3.63, 3.8) is 0 Å². The summed E-state index contributed by atoms with van der Waals surface area (Å²) in [5, 5.41) is 8.20. The molecule has 0 saturated heterocycles. The first kappa shape index (κ1) is 22.9. The number of anilines is 1. The van der Waals surface area contributed by atoms with Crippen LogP contribution in [0.3, 0.4) is 0 Å². The standard InChI is InChI=1S/C24H16Cl3N3O3/c25-16-6-8-20(18(12-16)23(31)15-4-2-1-3-5-15)28-24(32)21-10-11-30(29-21)14-33-22-9-7-17(26)13-19(22)27/h1-13H,14H2,(H,28,32). The van der Waals surface area contributed by atoms with E-state index in [1.165, 1.54) is 16.8 Å². The lowest BCUT2D eigenvalue weighted by molar-refractivity contribution is 0.102. The second-order valence-electron chi connectivity index (χ2n) is 6.93. The van der Waals surface area contributed by atoms with E-state index >= 15 is 0 Å². The maximum absolute atomic E-state index is 12.9. The Kier molecular flexibility index (Phi) is 6.99. The number of amides is 1. The lowest BCUT2D eigenvalue weighted by Gasteiger charge is -2.11. The van der Waals surface area contributed by atoms with Gasteiger partial charge in [-0.3, -0.25) is 9.59 Å². The normalized spacial score (nSPS) is 10.6. The summed E-state index contributed by atoms with van der Waals surface area (Å²) in [6.45, 7) is 0.0350. The Balaban J connectivity index is 1.48. The number of aromatic nitrogens is 2. The van der Waals surface area contributed by atoms with Crippen LogP contribution in [0.15, 0.2) is 79.0 Å². The molecule has 166 valence electrons. The third kappa shape index (κ3) is 5.54. The number of halogens is 3. The summed E-state index contributed by atoms with van der Waals surface area (Å²) in [6, 6.07) is 19.9. The molecular weight excluding hydrogens is 485 g/mol. The third-order valence-corrected chi connectivity index (χ3v) is 5.40. The van der Waals surface area contributed by atoms with Crippen molar-refractivity contribution < 1.29 is 14.3 Å². The molecule has 4 aromatic rings. The van der Waals surface area contributed by atoms with Gasteiger partial charge in [-0.2, -0.15) is 5.10 Å². The first-order chi connectivity index (χ1) is 15.9. The number of ether oxygens (including phenoxy) is 1. The fourth-order valence-electron chi connectivity index (χ4n) is 3.03. The van der Waals surface area contributed by atoms with Crippen LogP contribution in [0, 0.1) is 0 Å². The molecule has 33 heavy (non-hydrogen) atoms. The Labute approximate surface area is 204 Å². The van der Waals surface area contributed by atoms with Crippen molar-refractivity contribution in [2.45, 2.75) is 6.73 Å². The summed E-state index contributed by atoms with van der Waals surface area (Å²) >= 11 is 18.1. The van der Waals surface area contributed by atoms with E-state index < -0.39 is 5.91 Å². The highest BCUT2D eigenvalue weighted by atomic mass is 35.5. The highest BCUT2D eigenvalue weighted by Gasteiger charge is 2.18. The topological polar surface area (TPSA) is 73.2 Å². The average molecular weight is 501 g/mol. The summed E-state index contributed by atoms with van der Waals surface area (Å²) in [7, 11) is 0. The van der Waals surface area contributed by atoms with Gasteiger partial charge in [0.2, 0.25) is 0 Å². The molecule has 1 heterocycles. The fraction of sp³-hybridized carbons (Fsp3) is 0.0417. The van der Waals surface area contributed by atoms with Gasteiger partial charge in [-0.25, -0.2) is 4.68 Å². The van der Waals surface area contributed by atoms with E-state index in [0.717, 1.165) is 0 Å². The Hall–Kier alpha value is -3.32. The predicted molar refractivity (Wildman–Crippen MR) is 129 cm³/mol. The van der Waals surface area contributed by atoms with Gasteiger partial charge >= 0.3 is 0 Å². The van der Waals surface area contributed by atoms with Gasteiger partial charge in [0, 0.05) is 27.4 Å². The molecule has 0 bridgehead atoms. The van der Waals surface area contributed by atoms with Gasteiger partial charge < -0.3 is 10.1 Å². The summed E-state index contributed by atoms with van der Waals surface area (Å²) in [4.78, 5) is 25.7. The number of ketones is 1. The molecule has 6 nitrogen and oxygen atoms in total. The van der Waals surface area contributed by atoms with E-state index in [0.29, 0.717) is 32.1 Å². The Morgan fingerprint density at radius 3 is 2.39 bits per heavy atom. The summed E-state index contributed by atoms with van der Waals surface area (Å²) < 4.78 is 7.06. The van der Waals surface area contributed by atoms with Gasteiger partial charge in [0.25, 0.3) is 5.91 Å². The molecule has 0 spiro atoms. The average Bonchev–Trinajstić information content (AvgIpc) is 3.29. The molecule has 1 aromatic heterocycles. The smallest absolute Gasteiger partial charge is 0.276 e. The van der Waals surface area contributed by atoms with Gasteiger partial charge in [0.1, 0.15) is 5.75 Å². The largest absolute Gasteiger partial charge is 0.470 e. The maximum Gasteiger partial charge on any atom is 0.276 e. The van der Waals surface area contributed by atoms with E-state index in [1.807, 2.05) is 6.07 Å². The molecule has 0 aliphatic heterocycles. The molecule has 1 amide bonds. The molecule has 0 unspecified atom stereocenters. The summed E-state index contributed by atoms with van der Waals surface area (Å²) in [5.41, 5.74) is 1.24. The molecular formula is C24H16Cl3N3O3. The van der Waals surface area contributed by atoms with Gasteiger partial charge in [0.15, 0.2) is 18.2 Å². The Morgan fingerprint density at radius 1 is 0.909 bits per heavy atom. The van der Waals surface area contributed by atoms with E-state index in [1.54, 1.807) is 60.8 Å². The molecule has 0 radical (unpaired) electrons. The van der Waals surface area contributed by atoms with Crippen LogP contribution in [0.4, 0.5) is 5.69 Å². The van der Waals surface area contributed by atoms with Crippen molar-refractivity contribution in [1.82, 2.24) is 9.78 Å². The van der Waals surface area contributed by atoms with Crippen molar-refractivity contribution >= 4 is 52.2 Å². The van der Waals surface area contributed by atoms with Crippen LogP contribution in [-0.4, -0.2) is 21.5 Å². The van der Waals surface area contributed by atoms with E-state index in [4.69, 9.17) is 39.5 Å². The zero-order chi connectivity index (χ0) is 23.4. The van der Waals surface area contributed by atoms with E-state index in [2.05, 4.69) is 10.4 Å². The van der Waals surface area contributed by atoms with Crippen LogP contribution in [0.2, 0.25) is 15.1 Å². The van der Waals surface area contributed by atoms with Crippen LogP contribution < -0.4 is 10.1 Å². The SMILES string of the molecule is O=C(Nc1ccc(Cl)cc1C(=O)c1ccccc1)c1ccn(COc2ccc(Cl)cc2Cl)n1. The number of hydrogen-bond donors (Lipinski definition) is 1. The zero-order valence-electron chi connectivity index (χ0n) is 17.0. The van der Waals surface area contributed by atoms with Crippen LogP contribution in [0.25, 0.3) is 0 Å². The number of rotatable bonds is 7. The first-order valence-corrected chi connectivity index (χ1v) is 10.9. The number of carbonyl (C=O) groups is 2. The molecule has 0 saturated carbocycles. The minimum absolute atomic E-state index is 0.0350. The molecule has 1 N–H and O–H groups in total.